The average molecular weight is 331 g/mol. The molecule has 128 valence electrons. The molecule has 0 amide bonds. The van der Waals surface area contributed by atoms with Crippen LogP contribution >= 0.6 is 0 Å². The van der Waals surface area contributed by atoms with Gasteiger partial charge in [-0.2, -0.15) is 5.10 Å². The summed E-state index contributed by atoms with van der Waals surface area (Å²) in [5.74, 6) is 2.12. The Morgan fingerprint density at radius 1 is 1.46 bits per heavy atom. The van der Waals surface area contributed by atoms with Crippen LogP contribution in [0.2, 0.25) is 0 Å². The van der Waals surface area contributed by atoms with Crippen molar-refractivity contribution in [2.24, 2.45) is 0 Å². The highest BCUT2D eigenvalue weighted by Crippen LogP contribution is 2.35. The van der Waals surface area contributed by atoms with E-state index in [-0.39, 0.29) is 17.5 Å². The van der Waals surface area contributed by atoms with Crippen LogP contribution in [0.25, 0.3) is 0 Å². The summed E-state index contributed by atoms with van der Waals surface area (Å²) in [5, 5.41) is 19.2. The Hall–Kier alpha value is -2.64. The van der Waals surface area contributed by atoms with Gasteiger partial charge in [0.2, 0.25) is 0 Å². The molecule has 1 N–H and O–H groups in total. The second-order valence-electron chi connectivity index (χ2n) is 5.70. The molecule has 24 heavy (non-hydrogen) atoms. The van der Waals surface area contributed by atoms with E-state index in [0.29, 0.717) is 18.8 Å². The van der Waals surface area contributed by atoms with E-state index < -0.39 is 4.92 Å². The van der Waals surface area contributed by atoms with E-state index in [1.54, 1.807) is 18.2 Å². The van der Waals surface area contributed by atoms with Crippen LogP contribution in [0, 0.1) is 10.1 Å². The molecule has 0 aliphatic carbocycles. The number of para-hydroxylation sites is 1. The number of nitrogens with one attached hydrogen (secondary N) is 1. The molecule has 2 heterocycles. The summed E-state index contributed by atoms with van der Waals surface area (Å²) >= 11 is 0. The zero-order chi connectivity index (χ0) is 17.1. The average Bonchev–Trinajstić information content (AvgIpc) is 2.97. The first-order valence-corrected chi connectivity index (χ1v) is 8.21. The Bertz CT molecular complexity index is 743. The number of hydrogen-bond acceptors (Lipinski definition) is 6. The first-order valence-electron chi connectivity index (χ1n) is 8.21. The molecule has 1 aliphatic heterocycles. The third kappa shape index (κ3) is 3.17. The largest absolute Gasteiger partial charge is 0.487 e. The van der Waals surface area contributed by atoms with Gasteiger partial charge in [0.15, 0.2) is 11.6 Å². The van der Waals surface area contributed by atoms with Gasteiger partial charge in [0.25, 0.3) is 0 Å². The van der Waals surface area contributed by atoms with Crippen LogP contribution in [-0.4, -0.2) is 32.3 Å². The maximum Gasteiger partial charge on any atom is 0.333 e. The van der Waals surface area contributed by atoms with Crippen molar-refractivity contribution in [2.45, 2.75) is 45.7 Å². The molecule has 1 atom stereocenters. The maximum absolute atomic E-state index is 11.5. The van der Waals surface area contributed by atoms with Gasteiger partial charge in [-0.1, -0.05) is 13.0 Å². The molecule has 0 bridgehead atoms. The van der Waals surface area contributed by atoms with Crippen LogP contribution in [-0.2, 0) is 19.4 Å². The Kier molecular flexibility index (Phi) is 4.64. The van der Waals surface area contributed by atoms with E-state index in [0.717, 1.165) is 30.9 Å². The summed E-state index contributed by atoms with van der Waals surface area (Å²) in [7, 11) is 0. The molecule has 0 radical (unpaired) electrons. The van der Waals surface area contributed by atoms with Crippen molar-refractivity contribution in [3.05, 3.63) is 40.0 Å². The van der Waals surface area contributed by atoms with Crippen LogP contribution in [0.4, 0.5) is 11.4 Å². The fourth-order valence-electron chi connectivity index (χ4n) is 2.95. The van der Waals surface area contributed by atoms with Crippen LogP contribution in [0.3, 0.4) is 0 Å². The number of aryl methyl sites for hydroxylation is 2. The lowest BCUT2D eigenvalue weighted by Gasteiger charge is -2.24. The van der Waals surface area contributed by atoms with Gasteiger partial charge in [-0.15, -0.1) is 0 Å². The van der Waals surface area contributed by atoms with Crippen molar-refractivity contribution in [1.29, 1.82) is 0 Å². The molecule has 1 unspecified atom stereocenters. The van der Waals surface area contributed by atoms with Gasteiger partial charge in [0.1, 0.15) is 11.5 Å². The molecule has 0 fully saturated rings. The standard InChI is InChI=1S/C16H21N5O3/c1-3-14-18-15-9-8-11(10-20(15)19-14)17-12-6-5-7-13(24-4-2)16(12)21(22)23/h5-7,11,17H,3-4,8-10H2,1-2H3. The normalized spacial score (nSPS) is 16.5. The molecular weight excluding hydrogens is 310 g/mol. The Morgan fingerprint density at radius 3 is 3.00 bits per heavy atom. The molecule has 1 aromatic carbocycles. The lowest BCUT2D eigenvalue weighted by Crippen LogP contribution is -2.32. The number of nitrogens with zero attached hydrogens (tertiary/aromatic N) is 4. The lowest BCUT2D eigenvalue weighted by molar-refractivity contribution is -0.385. The zero-order valence-corrected chi connectivity index (χ0v) is 13.9. The summed E-state index contributed by atoms with van der Waals surface area (Å²) < 4.78 is 7.29. The van der Waals surface area contributed by atoms with Gasteiger partial charge in [0, 0.05) is 18.9 Å². The summed E-state index contributed by atoms with van der Waals surface area (Å²) in [6.45, 7) is 4.87. The van der Waals surface area contributed by atoms with Crippen molar-refractivity contribution in [3.8, 4) is 5.75 Å². The number of aromatic nitrogens is 3. The number of nitro groups is 1. The Morgan fingerprint density at radius 2 is 2.29 bits per heavy atom. The Balaban J connectivity index is 1.81. The third-order valence-electron chi connectivity index (χ3n) is 4.06. The highest BCUT2D eigenvalue weighted by Gasteiger charge is 2.26. The smallest absolute Gasteiger partial charge is 0.333 e. The zero-order valence-electron chi connectivity index (χ0n) is 13.9. The van der Waals surface area contributed by atoms with E-state index in [1.165, 1.54) is 0 Å². The fourth-order valence-corrected chi connectivity index (χ4v) is 2.95. The molecule has 8 nitrogen and oxygen atoms in total. The first kappa shape index (κ1) is 16.2. The van der Waals surface area contributed by atoms with Crippen LogP contribution in [0.1, 0.15) is 31.9 Å². The lowest BCUT2D eigenvalue weighted by atomic mass is 10.1. The van der Waals surface area contributed by atoms with Gasteiger partial charge in [-0.3, -0.25) is 10.1 Å². The highest BCUT2D eigenvalue weighted by molar-refractivity contribution is 5.68. The van der Waals surface area contributed by atoms with Gasteiger partial charge >= 0.3 is 5.69 Å². The minimum absolute atomic E-state index is 0.0158. The van der Waals surface area contributed by atoms with E-state index in [1.807, 2.05) is 18.5 Å². The second-order valence-corrected chi connectivity index (χ2v) is 5.70. The van der Waals surface area contributed by atoms with E-state index in [2.05, 4.69) is 15.4 Å². The topological polar surface area (TPSA) is 95.1 Å². The van der Waals surface area contributed by atoms with E-state index >= 15 is 0 Å². The highest BCUT2D eigenvalue weighted by atomic mass is 16.6. The first-order chi connectivity index (χ1) is 11.6. The minimum Gasteiger partial charge on any atom is -0.487 e. The third-order valence-corrected chi connectivity index (χ3v) is 4.06. The fraction of sp³-hybridized carbons (Fsp3) is 0.500. The van der Waals surface area contributed by atoms with Crippen molar-refractivity contribution >= 4 is 11.4 Å². The van der Waals surface area contributed by atoms with Gasteiger partial charge in [0.05, 0.1) is 18.1 Å². The Labute approximate surface area is 140 Å². The number of nitro benzene ring substituents is 1. The number of anilines is 1. The monoisotopic (exact) mass is 331 g/mol. The number of fused-ring (bicyclic) bond motifs is 1. The molecule has 8 heteroatoms. The molecule has 0 saturated heterocycles. The van der Waals surface area contributed by atoms with Crippen LogP contribution in [0.5, 0.6) is 5.75 Å². The summed E-state index contributed by atoms with van der Waals surface area (Å²) in [4.78, 5) is 15.6. The van der Waals surface area contributed by atoms with Crippen molar-refractivity contribution < 1.29 is 9.66 Å². The number of benzene rings is 1. The molecule has 1 aromatic heterocycles. The maximum atomic E-state index is 11.5. The molecule has 2 aromatic rings. The molecule has 0 spiro atoms. The molecule has 1 aliphatic rings. The van der Waals surface area contributed by atoms with Crippen LogP contribution < -0.4 is 10.1 Å². The summed E-state index contributed by atoms with van der Waals surface area (Å²) in [6, 6.07) is 5.17. The van der Waals surface area contributed by atoms with Crippen molar-refractivity contribution in [3.63, 3.8) is 0 Å². The van der Waals surface area contributed by atoms with E-state index in [4.69, 9.17) is 4.74 Å². The SMILES string of the molecule is CCOc1cccc(NC2CCc3nc(CC)nn3C2)c1[N+](=O)[O-]. The van der Waals surface area contributed by atoms with Gasteiger partial charge in [-0.05, 0) is 25.5 Å². The van der Waals surface area contributed by atoms with Crippen molar-refractivity contribution in [2.75, 3.05) is 11.9 Å². The van der Waals surface area contributed by atoms with Crippen LogP contribution in [0.15, 0.2) is 18.2 Å². The number of ether oxygens (including phenoxy) is 1. The summed E-state index contributed by atoms with van der Waals surface area (Å²) in [6.07, 6.45) is 2.47. The molecule has 3 rings (SSSR count). The molecule has 0 saturated carbocycles. The predicted molar refractivity (Wildman–Crippen MR) is 89.4 cm³/mol. The predicted octanol–water partition coefficient (Wildman–Crippen LogP) is 2.57. The molecular formula is C16H21N5O3. The quantitative estimate of drug-likeness (QED) is 0.646. The summed E-state index contributed by atoms with van der Waals surface area (Å²) in [5.41, 5.74) is 0.466. The van der Waals surface area contributed by atoms with Gasteiger partial charge < -0.3 is 10.1 Å². The number of hydrogen-bond donors (Lipinski definition) is 1. The number of rotatable bonds is 6. The minimum atomic E-state index is -0.397. The van der Waals surface area contributed by atoms with Crippen molar-refractivity contribution in [1.82, 2.24) is 14.8 Å². The second kappa shape index (κ2) is 6.86. The van der Waals surface area contributed by atoms with E-state index in [9.17, 15) is 10.1 Å². The van der Waals surface area contributed by atoms with Gasteiger partial charge in [-0.25, -0.2) is 9.67 Å².